The summed E-state index contributed by atoms with van der Waals surface area (Å²) in [7, 11) is 0. The Morgan fingerprint density at radius 2 is 2.21 bits per heavy atom. The maximum atomic E-state index is 5.74. The predicted octanol–water partition coefficient (Wildman–Crippen LogP) is 1.98. The number of hydrogen-bond donors (Lipinski definition) is 0. The van der Waals surface area contributed by atoms with Crippen LogP contribution in [-0.2, 0) is 6.42 Å². The monoisotopic (exact) mass is 210 g/mol. The van der Waals surface area contributed by atoms with Gasteiger partial charge in [0.1, 0.15) is 17.3 Å². The van der Waals surface area contributed by atoms with Crippen LogP contribution in [0.5, 0.6) is 0 Å². The van der Waals surface area contributed by atoms with E-state index in [1.54, 1.807) is 12.4 Å². The standard InChI is InChI=1S/C9H11ClN4/c1-6(2)3-8-12-13-9-4-7(10)11-5-14(8)9/h4-6H,3H2,1-2H3. The zero-order valence-corrected chi connectivity index (χ0v) is 8.86. The number of nitrogens with zero attached hydrogens (tertiary/aromatic N) is 4. The number of halogens is 1. The summed E-state index contributed by atoms with van der Waals surface area (Å²) in [5, 5.41) is 8.56. The lowest BCUT2D eigenvalue weighted by Crippen LogP contribution is -2.00. The van der Waals surface area contributed by atoms with Gasteiger partial charge in [-0.15, -0.1) is 10.2 Å². The summed E-state index contributed by atoms with van der Waals surface area (Å²) in [4.78, 5) is 4.00. The van der Waals surface area contributed by atoms with E-state index in [9.17, 15) is 0 Å². The number of rotatable bonds is 2. The molecule has 4 nitrogen and oxygen atoms in total. The summed E-state index contributed by atoms with van der Waals surface area (Å²) >= 11 is 5.74. The molecule has 0 saturated carbocycles. The Labute approximate surface area is 86.9 Å². The Bertz CT molecular complexity index is 449. The Hall–Kier alpha value is -1.16. The Kier molecular flexibility index (Phi) is 2.37. The molecular formula is C9H11ClN4. The quantitative estimate of drug-likeness (QED) is 0.712. The molecule has 0 aliphatic rings. The Morgan fingerprint density at radius 1 is 1.43 bits per heavy atom. The minimum atomic E-state index is 0.445. The fourth-order valence-electron chi connectivity index (χ4n) is 1.32. The van der Waals surface area contributed by atoms with E-state index in [2.05, 4.69) is 29.0 Å². The molecule has 0 bridgehead atoms. The lowest BCUT2D eigenvalue weighted by molar-refractivity contribution is 0.615. The number of aromatic nitrogens is 4. The van der Waals surface area contributed by atoms with Gasteiger partial charge in [-0.05, 0) is 5.92 Å². The third kappa shape index (κ3) is 1.70. The van der Waals surface area contributed by atoms with E-state index < -0.39 is 0 Å². The van der Waals surface area contributed by atoms with Crippen molar-refractivity contribution in [1.82, 2.24) is 19.6 Å². The van der Waals surface area contributed by atoms with E-state index >= 15 is 0 Å². The van der Waals surface area contributed by atoms with Gasteiger partial charge >= 0.3 is 0 Å². The van der Waals surface area contributed by atoms with Gasteiger partial charge in [0, 0.05) is 12.5 Å². The van der Waals surface area contributed by atoms with Crippen LogP contribution in [0.4, 0.5) is 0 Å². The van der Waals surface area contributed by atoms with Gasteiger partial charge in [-0.2, -0.15) is 0 Å². The van der Waals surface area contributed by atoms with Crippen LogP contribution >= 0.6 is 11.6 Å². The fraction of sp³-hybridized carbons (Fsp3) is 0.444. The third-order valence-electron chi connectivity index (χ3n) is 1.93. The molecule has 2 aromatic heterocycles. The van der Waals surface area contributed by atoms with Crippen molar-refractivity contribution in [3.05, 3.63) is 23.4 Å². The van der Waals surface area contributed by atoms with Crippen LogP contribution in [0.1, 0.15) is 19.7 Å². The lowest BCUT2D eigenvalue weighted by Gasteiger charge is -2.01. The van der Waals surface area contributed by atoms with Gasteiger partial charge in [-0.25, -0.2) is 4.98 Å². The van der Waals surface area contributed by atoms with Crippen LogP contribution in [0.25, 0.3) is 5.65 Å². The molecular weight excluding hydrogens is 200 g/mol. The van der Waals surface area contributed by atoms with E-state index in [-0.39, 0.29) is 0 Å². The summed E-state index contributed by atoms with van der Waals surface area (Å²) in [6.45, 7) is 4.29. The van der Waals surface area contributed by atoms with Crippen LogP contribution < -0.4 is 0 Å². The molecule has 0 saturated heterocycles. The van der Waals surface area contributed by atoms with Crippen molar-refractivity contribution in [3.63, 3.8) is 0 Å². The first-order chi connectivity index (χ1) is 6.66. The topological polar surface area (TPSA) is 43.1 Å². The molecule has 0 aliphatic heterocycles. The highest BCUT2D eigenvalue weighted by atomic mass is 35.5. The summed E-state index contributed by atoms with van der Waals surface area (Å²) in [6, 6.07) is 1.71. The maximum absolute atomic E-state index is 5.74. The fourth-order valence-corrected chi connectivity index (χ4v) is 1.46. The molecule has 2 heterocycles. The molecule has 0 aromatic carbocycles. The summed E-state index contributed by atoms with van der Waals surface area (Å²) in [5.41, 5.74) is 0.751. The van der Waals surface area contributed by atoms with Crippen LogP contribution in [-0.4, -0.2) is 19.6 Å². The summed E-state index contributed by atoms with van der Waals surface area (Å²) in [6.07, 6.45) is 2.56. The molecule has 0 aliphatic carbocycles. The largest absolute Gasteiger partial charge is 0.269 e. The van der Waals surface area contributed by atoms with E-state index in [1.165, 1.54) is 0 Å². The second-order valence-corrected chi connectivity index (χ2v) is 4.04. The molecule has 0 N–H and O–H groups in total. The molecule has 0 spiro atoms. The van der Waals surface area contributed by atoms with E-state index in [0.29, 0.717) is 11.1 Å². The van der Waals surface area contributed by atoms with Crippen molar-refractivity contribution < 1.29 is 0 Å². The van der Waals surface area contributed by atoms with E-state index in [4.69, 9.17) is 11.6 Å². The summed E-state index contributed by atoms with van der Waals surface area (Å²) in [5.74, 6) is 1.48. The highest BCUT2D eigenvalue weighted by Crippen LogP contribution is 2.11. The average Bonchev–Trinajstić information content (AvgIpc) is 2.47. The number of fused-ring (bicyclic) bond motifs is 1. The van der Waals surface area contributed by atoms with Crippen LogP contribution in [0.3, 0.4) is 0 Å². The van der Waals surface area contributed by atoms with E-state index in [0.717, 1.165) is 17.9 Å². The smallest absolute Gasteiger partial charge is 0.165 e. The maximum Gasteiger partial charge on any atom is 0.165 e. The summed E-state index contributed by atoms with van der Waals surface area (Å²) < 4.78 is 1.87. The molecule has 5 heteroatoms. The van der Waals surface area contributed by atoms with Crippen molar-refractivity contribution >= 4 is 17.2 Å². The van der Waals surface area contributed by atoms with Gasteiger partial charge < -0.3 is 0 Å². The number of hydrogen-bond acceptors (Lipinski definition) is 3. The second kappa shape index (κ2) is 3.53. The van der Waals surface area contributed by atoms with Crippen LogP contribution in [0.2, 0.25) is 5.15 Å². The normalized spacial score (nSPS) is 11.4. The van der Waals surface area contributed by atoms with Gasteiger partial charge in [-0.3, -0.25) is 4.40 Å². The highest BCUT2D eigenvalue weighted by Gasteiger charge is 2.07. The Balaban J connectivity index is 2.47. The zero-order valence-electron chi connectivity index (χ0n) is 8.11. The predicted molar refractivity (Wildman–Crippen MR) is 54.3 cm³/mol. The van der Waals surface area contributed by atoms with Crippen molar-refractivity contribution in [1.29, 1.82) is 0 Å². The average molecular weight is 211 g/mol. The third-order valence-corrected chi connectivity index (χ3v) is 2.14. The molecule has 0 unspecified atom stereocenters. The molecule has 0 fully saturated rings. The molecule has 74 valence electrons. The zero-order chi connectivity index (χ0) is 10.1. The minimum absolute atomic E-state index is 0.445. The van der Waals surface area contributed by atoms with Gasteiger partial charge in [0.25, 0.3) is 0 Å². The van der Waals surface area contributed by atoms with Gasteiger partial charge in [0.2, 0.25) is 0 Å². The molecule has 14 heavy (non-hydrogen) atoms. The van der Waals surface area contributed by atoms with Gasteiger partial charge in [0.05, 0.1) is 0 Å². The van der Waals surface area contributed by atoms with Crippen molar-refractivity contribution in [2.75, 3.05) is 0 Å². The first-order valence-electron chi connectivity index (χ1n) is 4.52. The van der Waals surface area contributed by atoms with Crippen molar-refractivity contribution in [3.8, 4) is 0 Å². The van der Waals surface area contributed by atoms with Crippen molar-refractivity contribution in [2.24, 2.45) is 5.92 Å². The SMILES string of the molecule is CC(C)Cc1nnc2cc(Cl)ncn12. The molecule has 0 radical (unpaired) electrons. The molecule has 2 aromatic rings. The molecule has 0 atom stereocenters. The first-order valence-corrected chi connectivity index (χ1v) is 4.90. The second-order valence-electron chi connectivity index (χ2n) is 3.65. The lowest BCUT2D eigenvalue weighted by atomic mass is 10.1. The highest BCUT2D eigenvalue weighted by molar-refractivity contribution is 6.29. The van der Waals surface area contributed by atoms with Gasteiger partial charge in [-0.1, -0.05) is 25.4 Å². The Morgan fingerprint density at radius 3 is 2.93 bits per heavy atom. The minimum Gasteiger partial charge on any atom is -0.269 e. The molecule has 2 rings (SSSR count). The van der Waals surface area contributed by atoms with Crippen LogP contribution in [0.15, 0.2) is 12.4 Å². The van der Waals surface area contributed by atoms with Crippen molar-refractivity contribution in [2.45, 2.75) is 20.3 Å². The van der Waals surface area contributed by atoms with Gasteiger partial charge in [0.15, 0.2) is 5.65 Å². The van der Waals surface area contributed by atoms with Crippen LogP contribution in [0, 0.1) is 5.92 Å². The molecule has 0 amide bonds. The first kappa shape index (κ1) is 9.40. The van der Waals surface area contributed by atoms with E-state index in [1.807, 2.05) is 4.40 Å².